The van der Waals surface area contributed by atoms with E-state index in [1.165, 1.54) is 14.7 Å². The van der Waals surface area contributed by atoms with Gasteiger partial charge in [-0.1, -0.05) is 69.3 Å². The van der Waals surface area contributed by atoms with Gasteiger partial charge in [-0.05, 0) is 29.5 Å². The summed E-state index contributed by atoms with van der Waals surface area (Å²) in [6.45, 7) is 7.15. The van der Waals surface area contributed by atoms with Crippen LogP contribution in [0.4, 0.5) is 0 Å². The van der Waals surface area contributed by atoms with Crippen molar-refractivity contribution in [1.82, 2.24) is 18.7 Å². The van der Waals surface area contributed by atoms with Crippen LogP contribution in [0.15, 0.2) is 64.2 Å². The third-order valence-corrected chi connectivity index (χ3v) is 5.67. The van der Waals surface area contributed by atoms with Gasteiger partial charge in [-0.3, -0.25) is 13.9 Å². The molecule has 4 rings (SSSR count). The fraction of sp³-hybridized carbons (Fsp3) is 0.320. The molecular formula is C25H28N4O2. The minimum absolute atomic E-state index is 0.283. The Kier molecular flexibility index (Phi) is 5.63. The lowest BCUT2D eigenvalue weighted by atomic mass is 10.0. The van der Waals surface area contributed by atoms with E-state index >= 15 is 0 Å². The molecule has 0 N–H and O–H groups in total. The lowest BCUT2D eigenvalue weighted by Gasteiger charge is -2.12. The van der Waals surface area contributed by atoms with Crippen molar-refractivity contribution >= 4 is 11.2 Å². The van der Waals surface area contributed by atoms with Gasteiger partial charge in [0.25, 0.3) is 5.56 Å². The molecule has 31 heavy (non-hydrogen) atoms. The van der Waals surface area contributed by atoms with Crippen LogP contribution in [-0.4, -0.2) is 18.7 Å². The van der Waals surface area contributed by atoms with E-state index in [-0.39, 0.29) is 11.2 Å². The van der Waals surface area contributed by atoms with Crippen molar-refractivity contribution in [1.29, 1.82) is 0 Å². The molecule has 0 amide bonds. The van der Waals surface area contributed by atoms with Crippen LogP contribution < -0.4 is 11.2 Å². The van der Waals surface area contributed by atoms with Gasteiger partial charge in [-0.25, -0.2) is 9.78 Å². The summed E-state index contributed by atoms with van der Waals surface area (Å²) in [5, 5.41) is 0. The molecule has 0 saturated heterocycles. The molecule has 6 nitrogen and oxygen atoms in total. The zero-order valence-electron chi connectivity index (χ0n) is 18.5. The van der Waals surface area contributed by atoms with Gasteiger partial charge in [0.1, 0.15) is 5.82 Å². The molecule has 0 radical (unpaired) electrons. The molecule has 2 heterocycles. The monoisotopic (exact) mass is 416 g/mol. The van der Waals surface area contributed by atoms with Gasteiger partial charge in [0.2, 0.25) is 0 Å². The highest BCUT2D eigenvalue weighted by Gasteiger charge is 2.21. The first-order chi connectivity index (χ1) is 14.9. The van der Waals surface area contributed by atoms with Crippen LogP contribution in [0.5, 0.6) is 0 Å². The molecule has 0 fully saturated rings. The van der Waals surface area contributed by atoms with Gasteiger partial charge in [-0.15, -0.1) is 0 Å². The number of aromatic nitrogens is 4. The Balaban J connectivity index is 2.06. The van der Waals surface area contributed by atoms with E-state index in [1.54, 1.807) is 7.05 Å². The standard InChI is InChI=1S/C25H28N4O2/c1-5-14-28-24(30)21-23(27(4)25(28)31)26-22(20-13-9-12-19(15-20)17(2)3)29(21)16-18-10-7-6-8-11-18/h6-13,15,17H,5,14,16H2,1-4H3. The predicted octanol–water partition coefficient (Wildman–Crippen LogP) is 4.15. The zero-order valence-corrected chi connectivity index (χ0v) is 18.5. The number of aryl methyl sites for hydroxylation is 1. The first-order valence-corrected chi connectivity index (χ1v) is 10.8. The highest BCUT2D eigenvalue weighted by molar-refractivity contribution is 5.77. The molecular weight excluding hydrogens is 388 g/mol. The van der Waals surface area contributed by atoms with Gasteiger partial charge in [0.05, 0.1) is 0 Å². The Morgan fingerprint density at radius 1 is 0.968 bits per heavy atom. The van der Waals surface area contributed by atoms with Crippen molar-refractivity contribution < 1.29 is 0 Å². The largest absolute Gasteiger partial charge is 0.332 e. The molecule has 0 aliphatic rings. The molecule has 0 saturated carbocycles. The van der Waals surface area contributed by atoms with Crippen molar-refractivity contribution in [2.45, 2.75) is 46.2 Å². The predicted molar refractivity (Wildman–Crippen MR) is 125 cm³/mol. The molecule has 4 aromatic rings. The van der Waals surface area contributed by atoms with E-state index in [4.69, 9.17) is 4.98 Å². The number of benzene rings is 2. The quantitative estimate of drug-likeness (QED) is 0.474. The van der Waals surface area contributed by atoms with Crippen molar-refractivity contribution in [3.63, 3.8) is 0 Å². The molecule has 160 valence electrons. The highest BCUT2D eigenvalue weighted by Crippen LogP contribution is 2.26. The molecule has 2 aromatic carbocycles. The van der Waals surface area contributed by atoms with Crippen LogP contribution in [0.2, 0.25) is 0 Å². The summed E-state index contributed by atoms with van der Waals surface area (Å²) < 4.78 is 4.77. The maximum Gasteiger partial charge on any atom is 0.332 e. The van der Waals surface area contributed by atoms with Crippen LogP contribution in [0, 0.1) is 0 Å². The fourth-order valence-corrected chi connectivity index (χ4v) is 3.97. The van der Waals surface area contributed by atoms with Crippen molar-refractivity contribution in [3.8, 4) is 11.4 Å². The number of hydrogen-bond donors (Lipinski definition) is 0. The minimum Gasteiger partial charge on any atom is -0.314 e. The van der Waals surface area contributed by atoms with E-state index in [0.717, 1.165) is 11.1 Å². The summed E-state index contributed by atoms with van der Waals surface area (Å²) in [4.78, 5) is 31.1. The van der Waals surface area contributed by atoms with Gasteiger partial charge < -0.3 is 4.57 Å². The Morgan fingerprint density at radius 3 is 2.39 bits per heavy atom. The summed E-state index contributed by atoms with van der Waals surface area (Å²) in [5.74, 6) is 1.07. The van der Waals surface area contributed by atoms with E-state index in [0.29, 0.717) is 42.4 Å². The normalized spacial score (nSPS) is 11.5. The summed E-state index contributed by atoms with van der Waals surface area (Å²) in [6.07, 6.45) is 0.705. The van der Waals surface area contributed by atoms with Crippen LogP contribution in [0.25, 0.3) is 22.6 Å². The number of nitrogens with zero attached hydrogens (tertiary/aromatic N) is 4. The summed E-state index contributed by atoms with van der Waals surface area (Å²) >= 11 is 0. The van der Waals surface area contributed by atoms with E-state index < -0.39 is 0 Å². The summed E-state index contributed by atoms with van der Waals surface area (Å²) in [5.41, 5.74) is 3.48. The van der Waals surface area contributed by atoms with E-state index in [2.05, 4.69) is 26.0 Å². The highest BCUT2D eigenvalue weighted by atomic mass is 16.2. The van der Waals surface area contributed by atoms with Gasteiger partial charge in [0, 0.05) is 25.7 Å². The van der Waals surface area contributed by atoms with Gasteiger partial charge >= 0.3 is 5.69 Å². The number of imidazole rings is 1. The van der Waals surface area contributed by atoms with Crippen LogP contribution in [0.3, 0.4) is 0 Å². The average Bonchev–Trinajstić information content (AvgIpc) is 3.15. The van der Waals surface area contributed by atoms with E-state index in [9.17, 15) is 9.59 Å². The minimum atomic E-state index is -0.328. The summed E-state index contributed by atoms with van der Waals surface area (Å²) in [6, 6.07) is 18.3. The maximum absolute atomic E-state index is 13.4. The second kappa shape index (κ2) is 8.38. The van der Waals surface area contributed by atoms with Crippen LogP contribution in [0.1, 0.15) is 44.2 Å². The number of fused-ring (bicyclic) bond motifs is 1. The summed E-state index contributed by atoms with van der Waals surface area (Å²) in [7, 11) is 1.68. The van der Waals surface area contributed by atoms with Gasteiger partial charge in [-0.2, -0.15) is 0 Å². The van der Waals surface area contributed by atoms with E-state index in [1.807, 2.05) is 54.0 Å². The first-order valence-electron chi connectivity index (χ1n) is 10.8. The molecule has 0 bridgehead atoms. The Labute approximate surface area is 181 Å². The zero-order chi connectivity index (χ0) is 22.1. The Morgan fingerprint density at radius 2 is 1.71 bits per heavy atom. The molecule has 0 aliphatic heterocycles. The average molecular weight is 417 g/mol. The SMILES string of the molecule is CCCn1c(=O)c2c(nc(-c3cccc(C(C)C)c3)n2Cc2ccccc2)n(C)c1=O. The lowest BCUT2D eigenvalue weighted by molar-refractivity contribution is 0.590. The van der Waals surface area contributed by atoms with Crippen LogP contribution >= 0.6 is 0 Å². The van der Waals surface area contributed by atoms with Crippen molar-refractivity contribution in [2.75, 3.05) is 0 Å². The third kappa shape index (κ3) is 3.74. The topological polar surface area (TPSA) is 61.8 Å². The first kappa shape index (κ1) is 20.8. The Hall–Kier alpha value is -3.41. The smallest absolute Gasteiger partial charge is 0.314 e. The second-order valence-electron chi connectivity index (χ2n) is 8.26. The molecule has 0 unspecified atom stereocenters. The number of hydrogen-bond acceptors (Lipinski definition) is 3. The molecule has 6 heteroatoms. The Bertz CT molecular complexity index is 1340. The van der Waals surface area contributed by atoms with Crippen molar-refractivity contribution in [3.05, 3.63) is 86.6 Å². The third-order valence-electron chi connectivity index (χ3n) is 5.67. The van der Waals surface area contributed by atoms with Crippen LogP contribution in [-0.2, 0) is 20.1 Å². The molecule has 2 aromatic heterocycles. The number of rotatable bonds is 6. The lowest BCUT2D eigenvalue weighted by Crippen LogP contribution is -2.39. The molecule has 0 spiro atoms. The molecule has 0 aliphatic carbocycles. The maximum atomic E-state index is 13.4. The van der Waals surface area contributed by atoms with Gasteiger partial charge in [0.15, 0.2) is 11.2 Å². The second-order valence-corrected chi connectivity index (χ2v) is 8.26. The van der Waals surface area contributed by atoms with Crippen molar-refractivity contribution in [2.24, 2.45) is 7.05 Å². The fourth-order valence-electron chi connectivity index (χ4n) is 3.97. The molecule has 0 atom stereocenters.